The lowest BCUT2D eigenvalue weighted by atomic mass is 10.1. The van der Waals surface area contributed by atoms with Gasteiger partial charge in [0.15, 0.2) is 0 Å². The topological polar surface area (TPSA) is 58.1 Å². The molecule has 0 bridgehead atoms. The number of nitrogens with zero attached hydrogens (tertiary/aromatic N) is 3. The van der Waals surface area contributed by atoms with Crippen molar-refractivity contribution in [2.75, 3.05) is 16.8 Å². The molecule has 0 fully saturated rings. The molecule has 3 aromatic rings. The molecule has 1 aliphatic heterocycles. The molecule has 1 aromatic heterocycles. The molecule has 2 heterocycles. The molecule has 0 unspecified atom stereocenters. The van der Waals surface area contributed by atoms with Crippen molar-refractivity contribution < 1.29 is 4.79 Å². The van der Waals surface area contributed by atoms with Gasteiger partial charge in [-0.2, -0.15) is 0 Å². The van der Waals surface area contributed by atoms with E-state index in [2.05, 4.69) is 39.2 Å². The second-order valence-electron chi connectivity index (χ2n) is 6.69. The number of benzene rings is 2. The molecule has 0 saturated heterocycles. The molecule has 0 saturated carbocycles. The zero-order valence-corrected chi connectivity index (χ0v) is 15.6. The van der Waals surface area contributed by atoms with E-state index in [0.29, 0.717) is 11.6 Å². The zero-order valence-electron chi connectivity index (χ0n) is 15.6. The molecule has 1 amide bonds. The van der Waals surface area contributed by atoms with Crippen molar-refractivity contribution in [1.29, 1.82) is 0 Å². The Hall–Kier alpha value is -3.21. The van der Waals surface area contributed by atoms with Gasteiger partial charge in [0, 0.05) is 24.1 Å². The molecule has 5 heteroatoms. The largest absolute Gasteiger partial charge is 0.320 e. The SMILES string of the molecule is CCc1cccc(C)c1NC(=O)c1ccnc(N2CCc3ccccc32)n1. The van der Waals surface area contributed by atoms with Crippen molar-refractivity contribution >= 4 is 23.2 Å². The third kappa shape index (κ3) is 3.28. The minimum Gasteiger partial charge on any atom is -0.320 e. The fourth-order valence-corrected chi connectivity index (χ4v) is 3.53. The second kappa shape index (κ2) is 7.19. The van der Waals surface area contributed by atoms with Gasteiger partial charge in [0.1, 0.15) is 5.69 Å². The molecule has 27 heavy (non-hydrogen) atoms. The first-order valence-electron chi connectivity index (χ1n) is 9.25. The van der Waals surface area contributed by atoms with E-state index in [4.69, 9.17) is 0 Å². The van der Waals surface area contributed by atoms with E-state index in [0.717, 1.165) is 41.9 Å². The van der Waals surface area contributed by atoms with Gasteiger partial charge in [-0.3, -0.25) is 4.79 Å². The van der Waals surface area contributed by atoms with Gasteiger partial charge >= 0.3 is 0 Å². The number of anilines is 3. The molecular weight excluding hydrogens is 336 g/mol. The number of hydrogen-bond acceptors (Lipinski definition) is 4. The fourth-order valence-electron chi connectivity index (χ4n) is 3.53. The lowest BCUT2D eigenvalue weighted by molar-refractivity contribution is 0.102. The van der Waals surface area contributed by atoms with Gasteiger partial charge < -0.3 is 10.2 Å². The number of fused-ring (bicyclic) bond motifs is 1. The summed E-state index contributed by atoms with van der Waals surface area (Å²) in [5, 5.41) is 3.04. The summed E-state index contributed by atoms with van der Waals surface area (Å²) in [6.45, 7) is 4.90. The Balaban J connectivity index is 1.61. The Morgan fingerprint density at radius 2 is 2.00 bits per heavy atom. The van der Waals surface area contributed by atoms with Gasteiger partial charge in [0.25, 0.3) is 5.91 Å². The summed E-state index contributed by atoms with van der Waals surface area (Å²) in [7, 11) is 0. The summed E-state index contributed by atoms with van der Waals surface area (Å²) < 4.78 is 0. The van der Waals surface area contributed by atoms with Crippen LogP contribution in [0.5, 0.6) is 0 Å². The van der Waals surface area contributed by atoms with Gasteiger partial charge in [-0.05, 0) is 48.6 Å². The lowest BCUT2D eigenvalue weighted by Crippen LogP contribution is -2.20. The van der Waals surface area contributed by atoms with Crippen LogP contribution in [0.4, 0.5) is 17.3 Å². The molecule has 0 aliphatic carbocycles. The first-order chi connectivity index (χ1) is 13.2. The maximum atomic E-state index is 12.8. The van der Waals surface area contributed by atoms with Crippen molar-refractivity contribution in [3.8, 4) is 0 Å². The molecule has 1 N–H and O–H groups in total. The van der Waals surface area contributed by atoms with Crippen LogP contribution in [-0.2, 0) is 12.8 Å². The summed E-state index contributed by atoms with van der Waals surface area (Å²) >= 11 is 0. The molecule has 4 rings (SSSR count). The predicted octanol–water partition coefficient (Wildman–Crippen LogP) is 4.29. The predicted molar refractivity (Wildman–Crippen MR) is 108 cm³/mol. The number of rotatable bonds is 4. The van der Waals surface area contributed by atoms with E-state index < -0.39 is 0 Å². The Kier molecular flexibility index (Phi) is 4.59. The van der Waals surface area contributed by atoms with E-state index >= 15 is 0 Å². The minimum atomic E-state index is -0.213. The van der Waals surface area contributed by atoms with E-state index in [-0.39, 0.29) is 5.91 Å². The summed E-state index contributed by atoms with van der Waals surface area (Å²) in [6.07, 6.45) is 3.46. The number of amides is 1. The standard InChI is InChI=1S/C22H22N4O/c1-3-16-9-6-7-15(2)20(16)25-21(27)18-11-13-23-22(24-18)26-14-12-17-8-4-5-10-19(17)26/h4-11,13H,3,12,14H2,1-2H3,(H,25,27). The van der Waals surface area contributed by atoms with Crippen LogP contribution in [0.1, 0.15) is 34.1 Å². The number of carbonyl (C=O) groups is 1. The first kappa shape index (κ1) is 17.2. The van der Waals surface area contributed by atoms with Crippen molar-refractivity contribution in [3.05, 3.63) is 77.1 Å². The van der Waals surface area contributed by atoms with Crippen LogP contribution in [0.15, 0.2) is 54.7 Å². The quantitative estimate of drug-likeness (QED) is 0.756. The average Bonchev–Trinajstić information content (AvgIpc) is 3.13. The number of carbonyl (C=O) groups excluding carboxylic acids is 1. The highest BCUT2D eigenvalue weighted by Gasteiger charge is 2.23. The molecular formula is C22H22N4O. The monoisotopic (exact) mass is 358 g/mol. The fraction of sp³-hybridized carbons (Fsp3) is 0.227. The molecule has 5 nitrogen and oxygen atoms in total. The van der Waals surface area contributed by atoms with Crippen LogP contribution in [-0.4, -0.2) is 22.4 Å². The third-order valence-corrected chi connectivity index (χ3v) is 4.98. The van der Waals surface area contributed by atoms with E-state index in [9.17, 15) is 4.79 Å². The molecule has 0 radical (unpaired) electrons. The minimum absolute atomic E-state index is 0.213. The maximum absolute atomic E-state index is 12.8. The highest BCUT2D eigenvalue weighted by Crippen LogP contribution is 2.32. The molecule has 0 spiro atoms. The average molecular weight is 358 g/mol. The van der Waals surface area contributed by atoms with Gasteiger partial charge in [-0.25, -0.2) is 9.97 Å². The van der Waals surface area contributed by atoms with Crippen LogP contribution < -0.4 is 10.2 Å². The summed E-state index contributed by atoms with van der Waals surface area (Å²) in [5.41, 5.74) is 5.80. The lowest BCUT2D eigenvalue weighted by Gasteiger charge is -2.18. The third-order valence-electron chi connectivity index (χ3n) is 4.98. The van der Waals surface area contributed by atoms with Crippen molar-refractivity contribution in [2.24, 2.45) is 0 Å². The van der Waals surface area contributed by atoms with Crippen molar-refractivity contribution in [3.63, 3.8) is 0 Å². The Labute approximate surface area is 159 Å². The summed E-state index contributed by atoms with van der Waals surface area (Å²) in [5.74, 6) is 0.350. The molecule has 1 aliphatic rings. The maximum Gasteiger partial charge on any atom is 0.274 e. The van der Waals surface area contributed by atoms with Crippen molar-refractivity contribution in [1.82, 2.24) is 9.97 Å². The number of nitrogens with one attached hydrogen (secondary N) is 1. The smallest absolute Gasteiger partial charge is 0.274 e. The molecule has 136 valence electrons. The van der Waals surface area contributed by atoms with Gasteiger partial charge in [-0.15, -0.1) is 0 Å². The first-order valence-corrected chi connectivity index (χ1v) is 9.25. The van der Waals surface area contributed by atoms with Gasteiger partial charge in [0.2, 0.25) is 5.95 Å². The Bertz CT molecular complexity index is 999. The summed E-state index contributed by atoms with van der Waals surface area (Å²) in [4.78, 5) is 23.8. The number of hydrogen-bond donors (Lipinski definition) is 1. The van der Waals surface area contributed by atoms with Gasteiger partial charge in [0.05, 0.1) is 0 Å². The van der Waals surface area contributed by atoms with Crippen LogP contribution in [0, 0.1) is 6.92 Å². The number of para-hydroxylation sites is 2. The Morgan fingerprint density at radius 1 is 1.15 bits per heavy atom. The van der Waals surface area contributed by atoms with Gasteiger partial charge in [-0.1, -0.05) is 43.3 Å². The molecule has 0 atom stereocenters. The number of aryl methyl sites for hydroxylation is 2. The highest BCUT2D eigenvalue weighted by molar-refractivity contribution is 6.03. The zero-order chi connectivity index (χ0) is 18.8. The van der Waals surface area contributed by atoms with Crippen LogP contribution >= 0.6 is 0 Å². The number of aromatic nitrogens is 2. The normalized spacial score (nSPS) is 12.7. The van der Waals surface area contributed by atoms with Crippen LogP contribution in [0.2, 0.25) is 0 Å². The van der Waals surface area contributed by atoms with Crippen LogP contribution in [0.25, 0.3) is 0 Å². The highest BCUT2D eigenvalue weighted by atomic mass is 16.1. The van der Waals surface area contributed by atoms with Crippen molar-refractivity contribution in [2.45, 2.75) is 26.7 Å². The van der Waals surface area contributed by atoms with Crippen LogP contribution in [0.3, 0.4) is 0 Å². The van der Waals surface area contributed by atoms with E-state index in [1.807, 2.05) is 37.3 Å². The Morgan fingerprint density at radius 3 is 2.85 bits per heavy atom. The van der Waals surface area contributed by atoms with E-state index in [1.54, 1.807) is 12.3 Å². The second-order valence-corrected chi connectivity index (χ2v) is 6.69. The summed E-state index contributed by atoms with van der Waals surface area (Å²) in [6, 6.07) is 16.0. The molecule has 2 aromatic carbocycles. The van der Waals surface area contributed by atoms with E-state index in [1.165, 1.54) is 5.56 Å².